The molecule has 0 aliphatic carbocycles. The minimum Gasteiger partial charge on any atom is -0.379 e. The van der Waals surface area contributed by atoms with Gasteiger partial charge in [-0.25, -0.2) is 4.98 Å². The van der Waals surface area contributed by atoms with Gasteiger partial charge in [0.2, 0.25) is 0 Å². The van der Waals surface area contributed by atoms with E-state index in [-0.39, 0.29) is 0 Å². The molecule has 0 fully saturated rings. The molecule has 0 radical (unpaired) electrons. The highest BCUT2D eigenvalue weighted by atomic mass is 15.0. The maximum atomic E-state index is 4.19. The van der Waals surface area contributed by atoms with Crippen LogP contribution in [0.25, 0.3) is 0 Å². The number of nitrogens with one attached hydrogen (secondary N) is 2. The SMILES string of the molecule is Cc1cc(C)c(NCc2cnc(C)[nH]2)c(C)c1. The zero-order chi connectivity index (χ0) is 12.4. The van der Waals surface area contributed by atoms with Gasteiger partial charge in [-0.15, -0.1) is 0 Å². The third-order valence-electron chi connectivity index (χ3n) is 2.89. The lowest BCUT2D eigenvalue weighted by molar-refractivity contribution is 1.04. The molecule has 0 spiro atoms. The van der Waals surface area contributed by atoms with E-state index in [2.05, 4.69) is 48.2 Å². The Kier molecular flexibility index (Phi) is 3.18. The van der Waals surface area contributed by atoms with Gasteiger partial charge in [-0.05, 0) is 38.8 Å². The molecule has 1 aromatic heterocycles. The summed E-state index contributed by atoms with van der Waals surface area (Å²) in [5.74, 6) is 0.958. The fourth-order valence-electron chi connectivity index (χ4n) is 2.20. The number of anilines is 1. The van der Waals surface area contributed by atoms with Gasteiger partial charge in [-0.3, -0.25) is 0 Å². The Hall–Kier alpha value is -1.77. The molecule has 3 heteroatoms. The first kappa shape index (κ1) is 11.7. The van der Waals surface area contributed by atoms with E-state index in [0.29, 0.717) is 0 Å². The molecule has 0 saturated heterocycles. The predicted molar refractivity (Wildman–Crippen MR) is 71.3 cm³/mol. The van der Waals surface area contributed by atoms with E-state index in [0.717, 1.165) is 18.1 Å². The Morgan fingerprint density at radius 2 is 1.76 bits per heavy atom. The number of aryl methyl sites for hydroxylation is 4. The van der Waals surface area contributed by atoms with Crippen LogP contribution in [0.15, 0.2) is 18.3 Å². The molecule has 0 amide bonds. The van der Waals surface area contributed by atoms with Gasteiger partial charge in [-0.2, -0.15) is 0 Å². The van der Waals surface area contributed by atoms with Gasteiger partial charge >= 0.3 is 0 Å². The lowest BCUT2D eigenvalue weighted by atomic mass is 10.1. The molecule has 17 heavy (non-hydrogen) atoms. The van der Waals surface area contributed by atoms with Crippen LogP contribution in [0.5, 0.6) is 0 Å². The van der Waals surface area contributed by atoms with Crippen molar-refractivity contribution in [3.63, 3.8) is 0 Å². The van der Waals surface area contributed by atoms with Crippen molar-refractivity contribution in [2.75, 3.05) is 5.32 Å². The van der Waals surface area contributed by atoms with Crippen molar-refractivity contribution in [1.82, 2.24) is 9.97 Å². The molecule has 2 aromatic rings. The second kappa shape index (κ2) is 4.62. The standard InChI is InChI=1S/C14H19N3/c1-9-5-10(2)14(11(3)6-9)16-8-13-7-15-12(4)17-13/h5-7,16H,8H2,1-4H3,(H,15,17). The molecule has 1 aromatic carbocycles. The fourth-order valence-corrected chi connectivity index (χ4v) is 2.20. The van der Waals surface area contributed by atoms with Gasteiger partial charge < -0.3 is 10.3 Å². The zero-order valence-electron chi connectivity index (χ0n) is 10.9. The number of rotatable bonds is 3. The maximum absolute atomic E-state index is 4.19. The van der Waals surface area contributed by atoms with E-state index in [1.165, 1.54) is 22.4 Å². The first-order valence-corrected chi connectivity index (χ1v) is 5.88. The summed E-state index contributed by atoms with van der Waals surface area (Å²) in [5, 5.41) is 3.47. The summed E-state index contributed by atoms with van der Waals surface area (Å²) in [6, 6.07) is 4.40. The summed E-state index contributed by atoms with van der Waals surface area (Å²) in [5.41, 5.74) is 6.23. The van der Waals surface area contributed by atoms with Gasteiger partial charge in [0.25, 0.3) is 0 Å². The number of nitrogens with zero attached hydrogens (tertiary/aromatic N) is 1. The predicted octanol–water partition coefficient (Wildman–Crippen LogP) is 3.26. The summed E-state index contributed by atoms with van der Waals surface area (Å²) in [7, 11) is 0. The van der Waals surface area contributed by atoms with E-state index in [9.17, 15) is 0 Å². The molecule has 0 saturated carbocycles. The van der Waals surface area contributed by atoms with Crippen LogP contribution in [-0.2, 0) is 6.54 Å². The number of H-pyrrole nitrogens is 1. The fraction of sp³-hybridized carbons (Fsp3) is 0.357. The first-order valence-electron chi connectivity index (χ1n) is 5.88. The largest absolute Gasteiger partial charge is 0.379 e. The van der Waals surface area contributed by atoms with E-state index < -0.39 is 0 Å². The van der Waals surface area contributed by atoms with Crippen LogP contribution in [0.3, 0.4) is 0 Å². The Labute approximate surface area is 102 Å². The van der Waals surface area contributed by atoms with Crippen molar-refractivity contribution >= 4 is 5.69 Å². The topological polar surface area (TPSA) is 40.7 Å². The summed E-state index contributed by atoms with van der Waals surface area (Å²) in [6.07, 6.45) is 1.88. The highest BCUT2D eigenvalue weighted by molar-refractivity contribution is 5.58. The van der Waals surface area contributed by atoms with E-state index in [1.54, 1.807) is 0 Å². The smallest absolute Gasteiger partial charge is 0.103 e. The molecule has 0 aliphatic heterocycles. The molecule has 3 nitrogen and oxygen atoms in total. The van der Waals surface area contributed by atoms with Crippen molar-refractivity contribution in [3.05, 3.63) is 46.5 Å². The summed E-state index contributed by atoms with van der Waals surface area (Å²) in [6.45, 7) is 9.15. The Bertz CT molecular complexity index is 503. The van der Waals surface area contributed by atoms with Crippen LogP contribution < -0.4 is 5.32 Å². The highest BCUT2D eigenvalue weighted by Gasteiger charge is 2.04. The Balaban J connectivity index is 2.14. The summed E-state index contributed by atoms with van der Waals surface area (Å²) < 4.78 is 0. The molecule has 0 unspecified atom stereocenters. The number of aromatic amines is 1. The quantitative estimate of drug-likeness (QED) is 0.848. The first-order chi connectivity index (χ1) is 8.06. The van der Waals surface area contributed by atoms with Gasteiger partial charge in [0, 0.05) is 5.69 Å². The van der Waals surface area contributed by atoms with Crippen LogP contribution in [0.4, 0.5) is 5.69 Å². The van der Waals surface area contributed by atoms with Crippen molar-refractivity contribution in [1.29, 1.82) is 0 Å². The van der Waals surface area contributed by atoms with Crippen LogP contribution in [-0.4, -0.2) is 9.97 Å². The number of aromatic nitrogens is 2. The molecule has 1 heterocycles. The van der Waals surface area contributed by atoms with E-state index in [4.69, 9.17) is 0 Å². The molecule has 2 N–H and O–H groups in total. The Morgan fingerprint density at radius 1 is 1.12 bits per heavy atom. The van der Waals surface area contributed by atoms with Gasteiger partial charge in [0.1, 0.15) is 5.82 Å². The third-order valence-corrected chi connectivity index (χ3v) is 2.89. The van der Waals surface area contributed by atoms with Gasteiger partial charge in [0.05, 0.1) is 18.4 Å². The van der Waals surface area contributed by atoms with E-state index >= 15 is 0 Å². The highest BCUT2D eigenvalue weighted by Crippen LogP contribution is 2.22. The van der Waals surface area contributed by atoms with Crippen LogP contribution in [0, 0.1) is 27.7 Å². The average Bonchev–Trinajstić information content (AvgIpc) is 2.62. The lowest BCUT2D eigenvalue weighted by Crippen LogP contribution is -2.03. The van der Waals surface area contributed by atoms with Crippen molar-refractivity contribution < 1.29 is 0 Å². The van der Waals surface area contributed by atoms with Gasteiger partial charge in [-0.1, -0.05) is 17.7 Å². The van der Waals surface area contributed by atoms with E-state index in [1.807, 2.05) is 13.1 Å². The molecular formula is C14H19N3. The normalized spacial score (nSPS) is 10.6. The molecule has 0 bridgehead atoms. The van der Waals surface area contributed by atoms with Crippen LogP contribution >= 0.6 is 0 Å². The Morgan fingerprint density at radius 3 is 2.29 bits per heavy atom. The maximum Gasteiger partial charge on any atom is 0.103 e. The van der Waals surface area contributed by atoms with Crippen molar-refractivity contribution in [2.24, 2.45) is 0 Å². The zero-order valence-corrected chi connectivity index (χ0v) is 10.9. The molecule has 2 rings (SSSR count). The minimum atomic E-state index is 0.783. The van der Waals surface area contributed by atoms with Crippen molar-refractivity contribution in [2.45, 2.75) is 34.2 Å². The van der Waals surface area contributed by atoms with Crippen molar-refractivity contribution in [3.8, 4) is 0 Å². The number of hydrogen-bond acceptors (Lipinski definition) is 2. The summed E-state index contributed by atoms with van der Waals surface area (Å²) in [4.78, 5) is 7.42. The lowest BCUT2D eigenvalue weighted by Gasteiger charge is -2.13. The minimum absolute atomic E-state index is 0.783. The molecule has 0 aliphatic rings. The average molecular weight is 229 g/mol. The number of benzene rings is 1. The third kappa shape index (κ3) is 2.67. The second-order valence-corrected chi connectivity index (χ2v) is 4.62. The number of imidazole rings is 1. The molecule has 0 atom stereocenters. The summed E-state index contributed by atoms with van der Waals surface area (Å²) >= 11 is 0. The molecule has 90 valence electrons. The number of hydrogen-bond donors (Lipinski definition) is 2. The second-order valence-electron chi connectivity index (χ2n) is 4.62. The van der Waals surface area contributed by atoms with Crippen LogP contribution in [0.1, 0.15) is 28.2 Å². The van der Waals surface area contributed by atoms with Crippen LogP contribution in [0.2, 0.25) is 0 Å². The monoisotopic (exact) mass is 229 g/mol. The molecular weight excluding hydrogens is 210 g/mol. The van der Waals surface area contributed by atoms with Gasteiger partial charge in [0.15, 0.2) is 0 Å².